The molecule has 1 aliphatic heterocycles. The Morgan fingerprint density at radius 1 is 1.42 bits per heavy atom. The highest BCUT2D eigenvalue weighted by Crippen LogP contribution is 2.20. The Labute approximate surface area is 74.5 Å². The first kappa shape index (κ1) is 9.48. The largest absolute Gasteiger partial charge is 0.479 e. The minimum Gasteiger partial charge on any atom is -0.479 e. The smallest absolute Gasteiger partial charge is 0.332 e. The number of aliphatic carboxylic acids is 1. The van der Waals surface area contributed by atoms with Gasteiger partial charge in [0, 0.05) is 0 Å². The number of hydrogen-bond donors (Lipinski definition) is 1. The Balaban J connectivity index is 2.45. The van der Waals surface area contributed by atoms with Crippen LogP contribution in [0.25, 0.3) is 0 Å². The van der Waals surface area contributed by atoms with Crippen LogP contribution in [0, 0.1) is 0 Å². The summed E-state index contributed by atoms with van der Waals surface area (Å²) >= 11 is 5.28. The summed E-state index contributed by atoms with van der Waals surface area (Å²) in [6.45, 7) is 0. The zero-order valence-electron chi connectivity index (χ0n) is 6.33. The van der Waals surface area contributed by atoms with E-state index in [-0.39, 0.29) is 11.7 Å². The summed E-state index contributed by atoms with van der Waals surface area (Å²) in [7, 11) is 0. The molecule has 5 heteroatoms. The van der Waals surface area contributed by atoms with Crippen LogP contribution in [0.1, 0.15) is 12.8 Å². The first-order valence-corrected chi connectivity index (χ1v) is 4.15. The molecule has 1 saturated heterocycles. The van der Waals surface area contributed by atoms with E-state index < -0.39 is 18.2 Å². The van der Waals surface area contributed by atoms with Crippen molar-refractivity contribution in [1.29, 1.82) is 0 Å². The standard InChI is InChI=1S/C7H9ClO4/c8-3-4(9)5-1-2-6(12-5)7(10)11/h5-6H,1-3H2,(H,10,11). The van der Waals surface area contributed by atoms with Crippen LogP contribution < -0.4 is 0 Å². The minimum atomic E-state index is -1.01. The molecular weight excluding hydrogens is 184 g/mol. The highest BCUT2D eigenvalue weighted by molar-refractivity contribution is 6.28. The third-order valence-electron chi connectivity index (χ3n) is 1.79. The number of carboxylic acids is 1. The Bertz CT molecular complexity index is 204. The van der Waals surface area contributed by atoms with Crippen LogP contribution in [0.5, 0.6) is 0 Å². The minimum absolute atomic E-state index is 0.114. The van der Waals surface area contributed by atoms with Gasteiger partial charge in [0.15, 0.2) is 11.9 Å². The number of ether oxygens (including phenoxy) is 1. The van der Waals surface area contributed by atoms with Gasteiger partial charge in [-0.2, -0.15) is 0 Å². The number of halogens is 1. The van der Waals surface area contributed by atoms with Crippen LogP contribution in [0.3, 0.4) is 0 Å². The first-order chi connectivity index (χ1) is 5.65. The number of hydrogen-bond acceptors (Lipinski definition) is 3. The third-order valence-corrected chi connectivity index (χ3v) is 2.05. The summed E-state index contributed by atoms with van der Waals surface area (Å²) in [5.74, 6) is -1.36. The molecule has 1 aliphatic rings. The quantitative estimate of drug-likeness (QED) is 0.659. The molecule has 0 aliphatic carbocycles. The Hall–Kier alpha value is -0.610. The van der Waals surface area contributed by atoms with E-state index in [4.69, 9.17) is 21.4 Å². The molecule has 1 rings (SSSR count). The SMILES string of the molecule is O=C(O)C1CCC(C(=O)CCl)O1. The molecule has 0 aromatic carbocycles. The van der Waals surface area contributed by atoms with Crippen molar-refractivity contribution in [2.24, 2.45) is 0 Å². The van der Waals surface area contributed by atoms with Crippen molar-refractivity contribution in [3.8, 4) is 0 Å². The van der Waals surface area contributed by atoms with E-state index in [0.717, 1.165) is 0 Å². The summed E-state index contributed by atoms with van der Waals surface area (Å²) in [6, 6.07) is 0. The summed E-state index contributed by atoms with van der Waals surface area (Å²) in [4.78, 5) is 21.3. The van der Waals surface area contributed by atoms with Crippen LogP contribution in [0.15, 0.2) is 0 Å². The Morgan fingerprint density at radius 3 is 2.42 bits per heavy atom. The van der Waals surface area contributed by atoms with Crippen molar-refractivity contribution in [2.75, 3.05) is 5.88 Å². The molecule has 0 bridgehead atoms. The normalized spacial score (nSPS) is 28.8. The number of rotatable bonds is 3. The highest BCUT2D eigenvalue weighted by atomic mass is 35.5. The van der Waals surface area contributed by atoms with E-state index in [2.05, 4.69) is 0 Å². The number of carboxylic acid groups (broad SMARTS) is 1. The van der Waals surface area contributed by atoms with Crippen molar-refractivity contribution >= 4 is 23.4 Å². The Kier molecular flexibility index (Phi) is 3.05. The van der Waals surface area contributed by atoms with Crippen LogP contribution in [0.4, 0.5) is 0 Å². The first-order valence-electron chi connectivity index (χ1n) is 3.62. The van der Waals surface area contributed by atoms with E-state index in [9.17, 15) is 9.59 Å². The highest BCUT2D eigenvalue weighted by Gasteiger charge is 2.33. The number of carbonyl (C=O) groups excluding carboxylic acids is 1. The maximum Gasteiger partial charge on any atom is 0.332 e. The molecule has 4 nitrogen and oxygen atoms in total. The van der Waals surface area contributed by atoms with Gasteiger partial charge in [-0.1, -0.05) is 0 Å². The van der Waals surface area contributed by atoms with E-state index in [1.807, 2.05) is 0 Å². The van der Waals surface area contributed by atoms with Gasteiger partial charge in [0.25, 0.3) is 0 Å². The second-order valence-corrected chi connectivity index (χ2v) is 2.90. The van der Waals surface area contributed by atoms with Gasteiger partial charge in [-0.25, -0.2) is 4.79 Å². The van der Waals surface area contributed by atoms with Gasteiger partial charge in [0.1, 0.15) is 6.10 Å². The zero-order valence-corrected chi connectivity index (χ0v) is 7.08. The lowest BCUT2D eigenvalue weighted by atomic mass is 10.1. The van der Waals surface area contributed by atoms with Crippen molar-refractivity contribution in [3.05, 3.63) is 0 Å². The van der Waals surface area contributed by atoms with Crippen LogP contribution >= 0.6 is 11.6 Å². The third kappa shape index (κ3) is 1.95. The molecule has 1 heterocycles. The maximum absolute atomic E-state index is 10.9. The van der Waals surface area contributed by atoms with Gasteiger partial charge in [0.2, 0.25) is 0 Å². The molecular formula is C7H9ClO4. The zero-order chi connectivity index (χ0) is 9.14. The molecule has 1 N–H and O–H groups in total. The van der Waals surface area contributed by atoms with Gasteiger partial charge in [-0.05, 0) is 12.8 Å². The molecule has 0 amide bonds. The Morgan fingerprint density at radius 2 is 2.00 bits per heavy atom. The van der Waals surface area contributed by atoms with Gasteiger partial charge in [-0.15, -0.1) is 11.6 Å². The van der Waals surface area contributed by atoms with Gasteiger partial charge in [-0.3, -0.25) is 4.79 Å². The molecule has 0 spiro atoms. The van der Waals surface area contributed by atoms with Crippen LogP contribution in [0.2, 0.25) is 0 Å². The summed E-state index contributed by atoms with van der Waals surface area (Å²) in [6.07, 6.45) is -0.587. The molecule has 0 saturated carbocycles. The summed E-state index contributed by atoms with van der Waals surface area (Å²) in [5, 5.41) is 8.52. The average Bonchev–Trinajstić information content (AvgIpc) is 2.51. The molecule has 1 fully saturated rings. The van der Waals surface area contributed by atoms with Crippen LogP contribution in [-0.4, -0.2) is 34.9 Å². The van der Waals surface area contributed by atoms with Gasteiger partial charge in [0.05, 0.1) is 5.88 Å². The van der Waals surface area contributed by atoms with Crippen molar-refractivity contribution < 1.29 is 19.4 Å². The molecule has 68 valence electrons. The second-order valence-electron chi connectivity index (χ2n) is 2.63. The lowest BCUT2D eigenvalue weighted by molar-refractivity contribution is -0.151. The number of Topliss-reactive ketones (excluding diaryl/α,β-unsaturated/α-hetero) is 1. The molecule has 2 unspecified atom stereocenters. The van der Waals surface area contributed by atoms with Crippen LogP contribution in [-0.2, 0) is 14.3 Å². The van der Waals surface area contributed by atoms with E-state index >= 15 is 0 Å². The monoisotopic (exact) mass is 192 g/mol. The fourth-order valence-electron chi connectivity index (χ4n) is 1.14. The average molecular weight is 193 g/mol. The fourth-order valence-corrected chi connectivity index (χ4v) is 1.31. The lowest BCUT2D eigenvalue weighted by Gasteiger charge is -2.07. The maximum atomic E-state index is 10.9. The van der Waals surface area contributed by atoms with Gasteiger partial charge < -0.3 is 9.84 Å². The second kappa shape index (κ2) is 3.87. The molecule has 0 radical (unpaired) electrons. The van der Waals surface area contributed by atoms with E-state index in [0.29, 0.717) is 12.8 Å². The topological polar surface area (TPSA) is 63.6 Å². The van der Waals surface area contributed by atoms with Crippen molar-refractivity contribution in [1.82, 2.24) is 0 Å². The summed E-state index contributed by atoms with van der Waals surface area (Å²) < 4.78 is 4.94. The molecule has 0 aromatic heterocycles. The number of carbonyl (C=O) groups is 2. The predicted molar refractivity (Wildman–Crippen MR) is 41.3 cm³/mol. The van der Waals surface area contributed by atoms with E-state index in [1.165, 1.54) is 0 Å². The predicted octanol–water partition coefficient (Wildman–Crippen LogP) is 0.426. The fraction of sp³-hybridized carbons (Fsp3) is 0.714. The van der Waals surface area contributed by atoms with Crippen molar-refractivity contribution in [2.45, 2.75) is 25.0 Å². The number of alkyl halides is 1. The molecule has 2 atom stereocenters. The molecule has 12 heavy (non-hydrogen) atoms. The van der Waals surface area contributed by atoms with E-state index in [1.54, 1.807) is 0 Å². The van der Waals surface area contributed by atoms with Gasteiger partial charge >= 0.3 is 5.97 Å². The number of ketones is 1. The summed E-state index contributed by atoms with van der Waals surface area (Å²) in [5.41, 5.74) is 0. The lowest BCUT2D eigenvalue weighted by Crippen LogP contribution is -2.25. The van der Waals surface area contributed by atoms with Crippen molar-refractivity contribution in [3.63, 3.8) is 0 Å². The molecule has 0 aromatic rings.